The average Bonchev–Trinajstić information content (AvgIpc) is 3.57. The van der Waals surface area contributed by atoms with Crippen molar-refractivity contribution in [3.8, 4) is 11.4 Å². The molecule has 0 amide bonds. The zero-order valence-electron chi connectivity index (χ0n) is 18.8. The van der Waals surface area contributed by atoms with Crippen LogP contribution in [0.5, 0.6) is 0 Å². The summed E-state index contributed by atoms with van der Waals surface area (Å²) in [7, 11) is 0. The number of hydrogen-bond donors (Lipinski definition) is 2. The molecule has 0 radical (unpaired) electrons. The summed E-state index contributed by atoms with van der Waals surface area (Å²) in [5, 5.41) is 1.70. The number of halogens is 1. The molecule has 2 N–H and O–H groups in total. The monoisotopic (exact) mass is 461 g/mol. The highest BCUT2D eigenvalue weighted by Gasteiger charge is 2.21. The number of fused-ring (bicyclic) bond motifs is 1. The number of aromatic nitrogens is 4. The third-order valence-corrected chi connectivity index (χ3v) is 5.58. The number of hydrogen-bond acceptors (Lipinski definition) is 7. The Kier molecular flexibility index (Phi) is 5.72. The van der Waals surface area contributed by atoms with Crippen LogP contribution in [0.1, 0.15) is 19.7 Å². The smallest absolute Gasteiger partial charge is 0.357 e. The Bertz CT molecular complexity index is 1390. The molecule has 174 valence electrons. The fourth-order valence-corrected chi connectivity index (χ4v) is 4.03. The van der Waals surface area contributed by atoms with E-state index in [1.165, 1.54) is 12.1 Å². The average molecular weight is 462 g/mol. The second-order valence-electron chi connectivity index (χ2n) is 7.70. The lowest BCUT2D eigenvalue weighted by molar-refractivity contribution is -0.138. The number of nitrogens with zero attached hydrogens (tertiary/aromatic N) is 5. The van der Waals surface area contributed by atoms with Gasteiger partial charge in [-0.3, -0.25) is 10.4 Å². The Morgan fingerprint density at radius 1 is 1.18 bits per heavy atom. The second kappa shape index (κ2) is 8.99. The predicted molar refractivity (Wildman–Crippen MR) is 126 cm³/mol. The highest BCUT2D eigenvalue weighted by atomic mass is 19.1. The number of carbonyl (C=O) groups is 1. The molecule has 4 aromatic rings. The number of hydrazine groups is 2. The molecule has 0 unspecified atom stereocenters. The minimum atomic E-state index is -0.425. The Labute approximate surface area is 195 Å². The van der Waals surface area contributed by atoms with Gasteiger partial charge < -0.3 is 13.9 Å². The van der Waals surface area contributed by atoms with Crippen molar-refractivity contribution in [3.63, 3.8) is 0 Å². The van der Waals surface area contributed by atoms with Gasteiger partial charge in [-0.05, 0) is 44.2 Å². The summed E-state index contributed by atoms with van der Waals surface area (Å²) in [4.78, 5) is 21.3. The molecule has 34 heavy (non-hydrogen) atoms. The molecule has 1 aliphatic rings. The van der Waals surface area contributed by atoms with Crippen LogP contribution in [0.3, 0.4) is 0 Å². The van der Waals surface area contributed by atoms with E-state index < -0.39 is 5.97 Å². The molecule has 1 aliphatic heterocycles. The Balaban J connectivity index is 1.45. The van der Waals surface area contributed by atoms with Gasteiger partial charge in [0.05, 0.1) is 36.1 Å². The lowest BCUT2D eigenvalue weighted by atomic mass is 10.2. The Morgan fingerprint density at radius 2 is 2.06 bits per heavy atom. The first kappa shape index (κ1) is 21.7. The number of ether oxygens (including phenoxy) is 1. The summed E-state index contributed by atoms with van der Waals surface area (Å²) in [6.45, 7) is 5.36. The van der Waals surface area contributed by atoms with Crippen molar-refractivity contribution in [3.05, 3.63) is 78.4 Å². The molecule has 0 atom stereocenters. The highest BCUT2D eigenvalue weighted by molar-refractivity contribution is 5.89. The molecule has 9 nitrogen and oxygen atoms in total. The van der Waals surface area contributed by atoms with E-state index in [0.717, 1.165) is 29.1 Å². The molecule has 0 saturated carbocycles. The molecule has 2 aromatic heterocycles. The third kappa shape index (κ3) is 3.99. The largest absolute Gasteiger partial charge is 0.461 e. The molecular weight excluding hydrogens is 437 g/mol. The number of benzene rings is 2. The molecule has 0 spiro atoms. The molecule has 5 rings (SSSR count). The molecule has 0 aliphatic carbocycles. The summed E-state index contributed by atoms with van der Waals surface area (Å²) in [6.07, 6.45) is 5.22. The fraction of sp³-hybridized carbons (Fsp3) is 0.208. The van der Waals surface area contributed by atoms with Crippen molar-refractivity contribution in [2.45, 2.75) is 26.9 Å². The quantitative estimate of drug-likeness (QED) is 0.408. The van der Waals surface area contributed by atoms with Crippen molar-refractivity contribution in [2.24, 2.45) is 0 Å². The van der Waals surface area contributed by atoms with Gasteiger partial charge in [0.25, 0.3) is 0 Å². The van der Waals surface area contributed by atoms with E-state index in [1.54, 1.807) is 30.4 Å². The van der Waals surface area contributed by atoms with Crippen LogP contribution >= 0.6 is 0 Å². The summed E-state index contributed by atoms with van der Waals surface area (Å²) in [6, 6.07) is 12.3. The maximum Gasteiger partial charge on any atom is 0.357 e. The van der Waals surface area contributed by atoms with Crippen molar-refractivity contribution in [2.75, 3.05) is 11.6 Å². The first-order chi connectivity index (χ1) is 16.6. The predicted octanol–water partition coefficient (Wildman–Crippen LogP) is 3.34. The normalized spacial score (nSPS) is 13.3. The van der Waals surface area contributed by atoms with Gasteiger partial charge in [-0.15, -0.1) is 5.53 Å². The molecule has 10 heteroatoms. The van der Waals surface area contributed by atoms with E-state index in [0.29, 0.717) is 30.2 Å². The Morgan fingerprint density at radius 3 is 2.85 bits per heavy atom. The van der Waals surface area contributed by atoms with Gasteiger partial charge in [0.15, 0.2) is 5.70 Å². The van der Waals surface area contributed by atoms with Crippen molar-refractivity contribution in [1.82, 2.24) is 30.1 Å². The number of aryl methyl sites for hydroxylation is 1. The van der Waals surface area contributed by atoms with Gasteiger partial charge >= 0.3 is 5.97 Å². The van der Waals surface area contributed by atoms with Gasteiger partial charge in [-0.2, -0.15) is 0 Å². The second-order valence-corrected chi connectivity index (χ2v) is 7.70. The maximum absolute atomic E-state index is 13.8. The first-order valence-electron chi connectivity index (χ1n) is 11.0. The van der Waals surface area contributed by atoms with Gasteiger partial charge in [-0.25, -0.2) is 19.2 Å². The topological polar surface area (TPSA) is 89.2 Å². The summed E-state index contributed by atoms with van der Waals surface area (Å²) >= 11 is 0. The lowest BCUT2D eigenvalue weighted by Gasteiger charge is -2.15. The van der Waals surface area contributed by atoms with Crippen LogP contribution < -0.4 is 16.0 Å². The number of nitrogens with one attached hydrogen (secondary N) is 2. The summed E-state index contributed by atoms with van der Waals surface area (Å²) in [5.74, 6) is 0.815. The minimum absolute atomic E-state index is 0.300. The first-order valence-corrected chi connectivity index (χ1v) is 11.0. The van der Waals surface area contributed by atoms with E-state index in [-0.39, 0.29) is 5.82 Å². The fourth-order valence-electron chi connectivity index (χ4n) is 4.03. The number of carbonyl (C=O) groups excluding carboxylic acids is 1. The van der Waals surface area contributed by atoms with Gasteiger partial charge in [0.2, 0.25) is 0 Å². The molecule has 0 saturated heterocycles. The lowest BCUT2D eigenvalue weighted by Crippen LogP contribution is -2.37. The van der Waals surface area contributed by atoms with Crippen LogP contribution in [0.15, 0.2) is 66.8 Å². The third-order valence-electron chi connectivity index (χ3n) is 5.58. The van der Waals surface area contributed by atoms with E-state index in [4.69, 9.17) is 9.72 Å². The van der Waals surface area contributed by atoms with E-state index >= 15 is 0 Å². The molecule has 2 aromatic carbocycles. The minimum Gasteiger partial charge on any atom is -0.461 e. The van der Waals surface area contributed by atoms with Crippen LogP contribution in [-0.2, 0) is 22.6 Å². The van der Waals surface area contributed by atoms with E-state index in [1.807, 2.05) is 35.0 Å². The van der Waals surface area contributed by atoms with E-state index in [9.17, 15) is 9.18 Å². The maximum atomic E-state index is 13.8. The summed E-state index contributed by atoms with van der Waals surface area (Å²) in [5.41, 5.74) is 9.43. The number of imidazole rings is 2. The SMILES string of the molecule is CCOC(=O)C1=CN(c2ccc3c(c2)nc(Cn2ccnc2-c2cccc(F)c2)n3CC)NN1. The van der Waals surface area contributed by atoms with Crippen molar-refractivity contribution in [1.29, 1.82) is 0 Å². The van der Waals surface area contributed by atoms with Crippen LogP contribution in [0, 0.1) is 5.82 Å². The number of rotatable bonds is 7. The molecule has 0 bridgehead atoms. The number of esters is 1. The molecular formula is C24H24FN7O2. The molecule has 3 heterocycles. The van der Waals surface area contributed by atoms with E-state index in [2.05, 4.69) is 27.4 Å². The zero-order valence-corrected chi connectivity index (χ0v) is 18.8. The van der Waals surface area contributed by atoms with Crippen molar-refractivity contribution < 1.29 is 13.9 Å². The van der Waals surface area contributed by atoms with Crippen LogP contribution in [0.2, 0.25) is 0 Å². The Hall–Kier alpha value is -4.18. The summed E-state index contributed by atoms with van der Waals surface area (Å²) < 4.78 is 22.9. The van der Waals surface area contributed by atoms with Gasteiger partial charge in [0.1, 0.15) is 17.5 Å². The van der Waals surface area contributed by atoms with Crippen molar-refractivity contribution >= 4 is 22.7 Å². The standard InChI is InChI=1S/C24H24FN7O2/c1-3-31-21-9-8-18(32-14-20(28-29-32)24(33)34-4-2)13-19(21)27-22(31)15-30-11-10-26-23(30)16-6-5-7-17(25)12-16/h5-14,28-29H,3-4,15H2,1-2H3. The van der Waals surface area contributed by atoms with Gasteiger partial charge in [-0.1, -0.05) is 12.1 Å². The van der Waals surface area contributed by atoms with Crippen LogP contribution in [0.4, 0.5) is 10.1 Å². The van der Waals surface area contributed by atoms with Crippen LogP contribution in [0.25, 0.3) is 22.4 Å². The van der Waals surface area contributed by atoms with Gasteiger partial charge in [0, 0.05) is 24.5 Å². The number of anilines is 1. The zero-order chi connectivity index (χ0) is 23.7. The van der Waals surface area contributed by atoms with Crippen LogP contribution in [-0.4, -0.2) is 31.7 Å². The molecule has 0 fully saturated rings. The highest BCUT2D eigenvalue weighted by Crippen LogP contribution is 2.26.